The minimum absolute atomic E-state index is 0.0245. The van der Waals surface area contributed by atoms with E-state index in [0.717, 1.165) is 0 Å². The molecule has 1 rings (SSSR count). The standard InChI is InChI=1S/C16H24NO8P/c1-2-24-14(9-11-26(21,22)23)16(20)17-12-6-3-4-7-13(12)25-10-5-8-15(18)19/h3-4,6-7,14H,2,5,8-11H2,1H3,(H,17,20)(H,18,19)(H2,21,22,23). The van der Waals surface area contributed by atoms with Crippen LogP contribution in [0.2, 0.25) is 0 Å². The van der Waals surface area contributed by atoms with Gasteiger partial charge in [-0.15, -0.1) is 0 Å². The number of carbonyl (C=O) groups is 2. The molecular weight excluding hydrogens is 365 g/mol. The molecular formula is C16H24NO8P. The Kier molecular flexibility index (Phi) is 9.29. The molecule has 1 amide bonds. The molecule has 0 aromatic heterocycles. The van der Waals surface area contributed by atoms with Crippen molar-refractivity contribution in [1.82, 2.24) is 0 Å². The van der Waals surface area contributed by atoms with E-state index in [1.54, 1.807) is 31.2 Å². The van der Waals surface area contributed by atoms with Crippen LogP contribution < -0.4 is 10.1 Å². The molecule has 10 heteroatoms. The highest BCUT2D eigenvalue weighted by Gasteiger charge is 2.24. The zero-order valence-corrected chi connectivity index (χ0v) is 15.4. The number of hydrogen-bond donors (Lipinski definition) is 4. The zero-order valence-electron chi connectivity index (χ0n) is 14.5. The SMILES string of the molecule is CCOC(CCP(=O)(O)O)C(=O)Nc1ccccc1OCCCC(=O)O. The van der Waals surface area contributed by atoms with Gasteiger partial charge in [-0.25, -0.2) is 0 Å². The molecule has 0 aliphatic heterocycles. The largest absolute Gasteiger partial charge is 0.491 e. The zero-order chi connectivity index (χ0) is 19.6. The summed E-state index contributed by atoms with van der Waals surface area (Å²) in [4.78, 5) is 40.8. The Labute approximate surface area is 151 Å². The van der Waals surface area contributed by atoms with Gasteiger partial charge in [0.1, 0.15) is 11.9 Å². The lowest BCUT2D eigenvalue weighted by molar-refractivity contribution is -0.137. The number of carboxylic acid groups (broad SMARTS) is 1. The number of anilines is 1. The fraction of sp³-hybridized carbons (Fsp3) is 0.500. The van der Waals surface area contributed by atoms with Crippen molar-refractivity contribution >= 4 is 25.2 Å². The third-order valence-electron chi connectivity index (χ3n) is 3.28. The van der Waals surface area contributed by atoms with Crippen LogP contribution in [0.5, 0.6) is 5.75 Å². The average molecular weight is 389 g/mol. The number of carboxylic acids is 1. The molecule has 0 spiro atoms. The van der Waals surface area contributed by atoms with Crippen molar-refractivity contribution in [2.75, 3.05) is 24.7 Å². The molecule has 0 bridgehead atoms. The van der Waals surface area contributed by atoms with Crippen LogP contribution in [-0.4, -0.2) is 52.2 Å². The number of carbonyl (C=O) groups excluding carboxylic acids is 1. The second-order valence-electron chi connectivity index (χ2n) is 5.45. The summed E-state index contributed by atoms with van der Waals surface area (Å²) in [5.74, 6) is -1.09. The monoisotopic (exact) mass is 389 g/mol. The lowest BCUT2D eigenvalue weighted by atomic mass is 10.2. The molecule has 0 aliphatic rings. The van der Waals surface area contributed by atoms with Crippen molar-refractivity contribution in [2.24, 2.45) is 0 Å². The molecule has 146 valence electrons. The van der Waals surface area contributed by atoms with Gasteiger partial charge >= 0.3 is 13.6 Å². The second kappa shape index (κ2) is 10.9. The lowest BCUT2D eigenvalue weighted by Crippen LogP contribution is -2.31. The summed E-state index contributed by atoms with van der Waals surface area (Å²) >= 11 is 0. The quantitative estimate of drug-likeness (QED) is 0.313. The highest BCUT2D eigenvalue weighted by atomic mass is 31.2. The predicted molar refractivity (Wildman–Crippen MR) is 94.4 cm³/mol. The Morgan fingerprint density at radius 1 is 1.27 bits per heavy atom. The number of benzene rings is 1. The predicted octanol–water partition coefficient (Wildman–Crippen LogP) is 1.84. The summed E-state index contributed by atoms with van der Waals surface area (Å²) in [5, 5.41) is 11.2. The summed E-state index contributed by atoms with van der Waals surface area (Å²) in [6.07, 6.45) is -1.29. The van der Waals surface area contributed by atoms with Gasteiger partial charge in [0.25, 0.3) is 5.91 Å². The van der Waals surface area contributed by atoms with Crippen molar-refractivity contribution < 1.29 is 38.5 Å². The van der Waals surface area contributed by atoms with E-state index in [0.29, 0.717) is 17.9 Å². The lowest BCUT2D eigenvalue weighted by Gasteiger charge is -2.18. The highest BCUT2D eigenvalue weighted by Crippen LogP contribution is 2.35. The van der Waals surface area contributed by atoms with Crippen LogP contribution in [-0.2, 0) is 18.9 Å². The molecule has 4 N–H and O–H groups in total. The molecule has 0 aliphatic carbocycles. The van der Waals surface area contributed by atoms with Gasteiger partial charge in [-0.2, -0.15) is 0 Å². The van der Waals surface area contributed by atoms with E-state index < -0.39 is 31.7 Å². The molecule has 1 aromatic carbocycles. The number of nitrogens with one attached hydrogen (secondary N) is 1. The van der Waals surface area contributed by atoms with Gasteiger partial charge in [-0.1, -0.05) is 12.1 Å². The van der Waals surface area contributed by atoms with E-state index in [1.807, 2.05) is 0 Å². The number of aliphatic carboxylic acids is 1. The van der Waals surface area contributed by atoms with Crippen LogP contribution in [0.1, 0.15) is 26.2 Å². The molecule has 9 nitrogen and oxygen atoms in total. The number of ether oxygens (including phenoxy) is 2. The van der Waals surface area contributed by atoms with E-state index in [9.17, 15) is 14.2 Å². The highest BCUT2D eigenvalue weighted by molar-refractivity contribution is 7.51. The summed E-state index contributed by atoms with van der Waals surface area (Å²) < 4.78 is 21.8. The van der Waals surface area contributed by atoms with Gasteiger partial charge in [0.05, 0.1) is 18.5 Å². The van der Waals surface area contributed by atoms with Gasteiger partial charge in [0.2, 0.25) is 0 Å². The van der Waals surface area contributed by atoms with Gasteiger partial charge in [0.15, 0.2) is 0 Å². The van der Waals surface area contributed by atoms with Crippen molar-refractivity contribution in [3.05, 3.63) is 24.3 Å². The van der Waals surface area contributed by atoms with Crippen molar-refractivity contribution in [3.63, 3.8) is 0 Å². The fourth-order valence-corrected chi connectivity index (χ4v) is 2.66. The maximum absolute atomic E-state index is 12.4. The molecule has 1 aromatic rings. The average Bonchev–Trinajstić information content (AvgIpc) is 2.55. The van der Waals surface area contributed by atoms with Crippen LogP contribution in [0.15, 0.2) is 24.3 Å². The second-order valence-corrected chi connectivity index (χ2v) is 7.23. The maximum Gasteiger partial charge on any atom is 0.325 e. The molecule has 0 saturated carbocycles. The Balaban J connectivity index is 2.70. The maximum atomic E-state index is 12.4. The first kappa shape index (κ1) is 22.1. The third-order valence-corrected chi connectivity index (χ3v) is 4.12. The molecule has 1 atom stereocenters. The van der Waals surface area contributed by atoms with Gasteiger partial charge < -0.3 is 29.7 Å². The van der Waals surface area contributed by atoms with Gasteiger partial charge in [-0.3, -0.25) is 14.2 Å². The van der Waals surface area contributed by atoms with E-state index in [-0.39, 0.29) is 26.1 Å². The summed E-state index contributed by atoms with van der Waals surface area (Å²) in [5.41, 5.74) is 0.369. The molecule has 26 heavy (non-hydrogen) atoms. The first-order valence-electron chi connectivity index (χ1n) is 8.13. The fourth-order valence-electron chi connectivity index (χ4n) is 2.09. The minimum atomic E-state index is -4.23. The van der Waals surface area contributed by atoms with Crippen molar-refractivity contribution in [1.29, 1.82) is 0 Å². The Morgan fingerprint density at radius 3 is 2.58 bits per heavy atom. The topological polar surface area (TPSA) is 142 Å². The van der Waals surface area contributed by atoms with Crippen LogP contribution >= 0.6 is 7.60 Å². The Morgan fingerprint density at radius 2 is 1.96 bits per heavy atom. The van der Waals surface area contributed by atoms with Crippen LogP contribution in [0, 0.1) is 0 Å². The Hall–Kier alpha value is -1.93. The molecule has 0 fully saturated rings. The van der Waals surface area contributed by atoms with Gasteiger partial charge in [0, 0.05) is 13.0 Å². The van der Waals surface area contributed by atoms with E-state index in [4.69, 9.17) is 24.4 Å². The van der Waals surface area contributed by atoms with Crippen LogP contribution in [0.25, 0.3) is 0 Å². The normalized spacial score (nSPS) is 12.4. The number of hydrogen-bond acceptors (Lipinski definition) is 5. The first-order valence-corrected chi connectivity index (χ1v) is 9.93. The van der Waals surface area contributed by atoms with E-state index in [1.165, 1.54) is 0 Å². The first-order chi connectivity index (χ1) is 12.2. The summed E-state index contributed by atoms with van der Waals surface area (Å²) in [6, 6.07) is 6.62. The molecule has 0 heterocycles. The summed E-state index contributed by atoms with van der Waals surface area (Å²) in [7, 11) is -4.23. The molecule has 1 unspecified atom stereocenters. The van der Waals surface area contributed by atoms with E-state index in [2.05, 4.69) is 5.32 Å². The minimum Gasteiger partial charge on any atom is -0.491 e. The Bertz CT molecular complexity index is 645. The van der Waals surface area contributed by atoms with Crippen molar-refractivity contribution in [2.45, 2.75) is 32.3 Å². The molecule has 0 radical (unpaired) electrons. The number of amides is 1. The molecule has 0 saturated heterocycles. The van der Waals surface area contributed by atoms with Gasteiger partial charge in [-0.05, 0) is 31.9 Å². The van der Waals surface area contributed by atoms with E-state index >= 15 is 0 Å². The number of rotatable bonds is 12. The third kappa shape index (κ3) is 8.96. The number of para-hydroxylation sites is 2. The summed E-state index contributed by atoms with van der Waals surface area (Å²) in [6.45, 7) is 2.07. The van der Waals surface area contributed by atoms with Crippen LogP contribution in [0.3, 0.4) is 0 Å². The smallest absolute Gasteiger partial charge is 0.325 e. The van der Waals surface area contributed by atoms with Crippen LogP contribution in [0.4, 0.5) is 5.69 Å². The van der Waals surface area contributed by atoms with Crippen molar-refractivity contribution in [3.8, 4) is 5.75 Å².